The van der Waals surface area contributed by atoms with Gasteiger partial charge in [-0.1, -0.05) is 274 Å². The maximum absolute atomic E-state index is 12.7. The Kier molecular flexibility index (Phi) is 57.2. The fourth-order valence-electron chi connectivity index (χ4n) is 8.90. The van der Waals surface area contributed by atoms with Crippen LogP contribution in [-0.4, -0.2) is 37.2 Å². The number of unbranched alkanes of at least 4 members (excludes halogenated alkanes) is 35. The molecule has 0 bridgehead atoms. The van der Waals surface area contributed by atoms with Crippen molar-refractivity contribution in [2.24, 2.45) is 0 Å². The minimum Gasteiger partial charge on any atom is -0.462 e. The molecule has 6 heteroatoms. The second-order valence-electron chi connectivity index (χ2n) is 20.6. The number of hydrogen-bond acceptors (Lipinski definition) is 6. The van der Waals surface area contributed by atoms with Crippen LogP contribution < -0.4 is 0 Å². The molecule has 0 aliphatic heterocycles. The van der Waals surface area contributed by atoms with Crippen LogP contribution in [0.4, 0.5) is 0 Å². The SMILES string of the molecule is CC/C=C\C/C=C\C/C=C\C/C=C\CCCCCCCCCCCCCCCCCCCCCCCCC(=O)OCC(COC(=O)CCCCCCCC)OC(=O)CCCCCCC/C=C\CCCCC. The molecule has 0 aliphatic carbocycles. The predicted octanol–water partition coefficient (Wildman–Crippen LogP) is 20.8. The molecule has 0 saturated heterocycles. The second-order valence-corrected chi connectivity index (χ2v) is 20.6. The van der Waals surface area contributed by atoms with Gasteiger partial charge in [0.2, 0.25) is 0 Å². The molecule has 412 valence electrons. The van der Waals surface area contributed by atoms with E-state index in [9.17, 15) is 14.4 Å². The van der Waals surface area contributed by atoms with Gasteiger partial charge in [0.25, 0.3) is 0 Å². The molecule has 1 atom stereocenters. The highest BCUT2D eigenvalue weighted by atomic mass is 16.6. The molecule has 0 saturated carbocycles. The van der Waals surface area contributed by atoms with E-state index in [1.807, 2.05) is 0 Å². The molecule has 0 aromatic rings. The molecule has 71 heavy (non-hydrogen) atoms. The number of esters is 3. The van der Waals surface area contributed by atoms with E-state index >= 15 is 0 Å². The van der Waals surface area contributed by atoms with Gasteiger partial charge in [0, 0.05) is 19.3 Å². The lowest BCUT2D eigenvalue weighted by Gasteiger charge is -2.18. The zero-order valence-electron chi connectivity index (χ0n) is 47.2. The summed E-state index contributed by atoms with van der Waals surface area (Å²) in [4.78, 5) is 37.8. The molecular weight excluding hydrogens is 877 g/mol. The monoisotopic (exact) mass is 993 g/mol. The smallest absolute Gasteiger partial charge is 0.306 e. The number of allylic oxidation sites excluding steroid dienone is 10. The average molecular weight is 994 g/mol. The number of ether oxygens (including phenoxy) is 3. The van der Waals surface area contributed by atoms with Crippen LogP contribution in [-0.2, 0) is 28.6 Å². The molecule has 6 nitrogen and oxygen atoms in total. The van der Waals surface area contributed by atoms with E-state index in [0.717, 1.165) is 89.9 Å². The Bertz CT molecular complexity index is 1280. The molecule has 0 rings (SSSR count). The standard InChI is InChI=1S/C65H116O6/c1-4-7-10-13-16-18-20-22-23-24-25-26-27-28-29-30-31-32-33-34-35-36-37-38-39-40-41-42-43-44-46-47-49-52-55-58-64(67)70-61-62(60-69-63(66)57-54-51-15-12-9-6-3)71-65(68)59-56-53-50-48-45-21-19-17-14-11-8-5-2/h7,10,16-19,22-23,25-26,62H,4-6,8-9,11-15,20-21,24,27-61H2,1-3H3/b10-7-,18-16-,19-17-,23-22-,26-25-. The Morgan fingerprint density at radius 1 is 0.296 bits per heavy atom. The second kappa shape index (κ2) is 59.7. The Labute approximate surface area is 440 Å². The zero-order valence-corrected chi connectivity index (χ0v) is 47.2. The molecule has 0 N–H and O–H groups in total. The van der Waals surface area contributed by atoms with Crippen molar-refractivity contribution in [2.45, 2.75) is 322 Å². The molecule has 0 aromatic heterocycles. The molecular formula is C65H116O6. The Morgan fingerprint density at radius 2 is 0.549 bits per heavy atom. The maximum Gasteiger partial charge on any atom is 0.306 e. The van der Waals surface area contributed by atoms with Crippen LogP contribution in [0, 0.1) is 0 Å². The molecule has 0 aliphatic rings. The molecule has 0 fully saturated rings. The quantitative estimate of drug-likeness (QED) is 0.0261. The van der Waals surface area contributed by atoms with Crippen LogP contribution >= 0.6 is 0 Å². The van der Waals surface area contributed by atoms with E-state index in [-0.39, 0.29) is 31.1 Å². The fourth-order valence-corrected chi connectivity index (χ4v) is 8.90. The van der Waals surface area contributed by atoms with Gasteiger partial charge >= 0.3 is 17.9 Å². The fraction of sp³-hybridized carbons (Fsp3) is 0.800. The Morgan fingerprint density at radius 3 is 0.901 bits per heavy atom. The van der Waals surface area contributed by atoms with Gasteiger partial charge < -0.3 is 14.2 Å². The topological polar surface area (TPSA) is 78.9 Å². The zero-order chi connectivity index (χ0) is 51.4. The van der Waals surface area contributed by atoms with Gasteiger partial charge in [0.15, 0.2) is 6.10 Å². The minimum absolute atomic E-state index is 0.0727. The highest BCUT2D eigenvalue weighted by Gasteiger charge is 2.19. The van der Waals surface area contributed by atoms with Gasteiger partial charge in [-0.3, -0.25) is 14.4 Å². The first kappa shape index (κ1) is 68.1. The van der Waals surface area contributed by atoms with Gasteiger partial charge in [-0.15, -0.1) is 0 Å². The minimum atomic E-state index is -0.770. The van der Waals surface area contributed by atoms with Crippen LogP contribution in [0.3, 0.4) is 0 Å². The lowest BCUT2D eigenvalue weighted by Crippen LogP contribution is -2.30. The summed E-state index contributed by atoms with van der Waals surface area (Å²) in [5.41, 5.74) is 0. The summed E-state index contributed by atoms with van der Waals surface area (Å²) in [6.45, 7) is 6.46. The van der Waals surface area contributed by atoms with E-state index < -0.39 is 6.10 Å². The molecule has 1 unspecified atom stereocenters. The van der Waals surface area contributed by atoms with Gasteiger partial charge in [-0.05, 0) is 83.5 Å². The van der Waals surface area contributed by atoms with Crippen LogP contribution in [0.1, 0.15) is 316 Å². The summed E-state index contributed by atoms with van der Waals surface area (Å²) in [5.74, 6) is -0.880. The van der Waals surface area contributed by atoms with Gasteiger partial charge in [0.1, 0.15) is 13.2 Å². The molecule has 0 aromatic carbocycles. The summed E-state index contributed by atoms with van der Waals surface area (Å²) < 4.78 is 16.7. The maximum atomic E-state index is 12.7. The Balaban J connectivity index is 3.87. The third-order valence-electron chi connectivity index (χ3n) is 13.5. The van der Waals surface area contributed by atoms with E-state index in [1.54, 1.807) is 0 Å². The molecule has 0 heterocycles. The normalized spacial score (nSPS) is 12.4. The average Bonchev–Trinajstić information content (AvgIpc) is 3.37. The van der Waals surface area contributed by atoms with Crippen molar-refractivity contribution in [3.8, 4) is 0 Å². The lowest BCUT2D eigenvalue weighted by atomic mass is 10.0. The summed E-state index contributed by atoms with van der Waals surface area (Å²) >= 11 is 0. The van der Waals surface area contributed by atoms with Crippen molar-refractivity contribution in [2.75, 3.05) is 13.2 Å². The van der Waals surface area contributed by atoms with Crippen molar-refractivity contribution < 1.29 is 28.6 Å². The molecule has 0 radical (unpaired) electrons. The van der Waals surface area contributed by atoms with E-state index in [2.05, 4.69) is 81.5 Å². The van der Waals surface area contributed by atoms with Crippen molar-refractivity contribution in [3.05, 3.63) is 60.8 Å². The third kappa shape index (κ3) is 57.9. The van der Waals surface area contributed by atoms with Gasteiger partial charge in [0.05, 0.1) is 0 Å². The van der Waals surface area contributed by atoms with E-state index in [0.29, 0.717) is 19.3 Å². The predicted molar refractivity (Wildman–Crippen MR) is 307 cm³/mol. The number of rotatable bonds is 56. The van der Waals surface area contributed by atoms with Crippen molar-refractivity contribution in [1.82, 2.24) is 0 Å². The van der Waals surface area contributed by atoms with Crippen LogP contribution in [0.15, 0.2) is 60.8 Å². The van der Waals surface area contributed by atoms with Crippen molar-refractivity contribution in [3.63, 3.8) is 0 Å². The van der Waals surface area contributed by atoms with Crippen molar-refractivity contribution >= 4 is 17.9 Å². The van der Waals surface area contributed by atoms with Crippen LogP contribution in [0.2, 0.25) is 0 Å². The van der Waals surface area contributed by atoms with Gasteiger partial charge in [-0.25, -0.2) is 0 Å². The molecule has 0 amide bonds. The third-order valence-corrected chi connectivity index (χ3v) is 13.5. The Hall–Kier alpha value is -2.89. The summed E-state index contributed by atoms with van der Waals surface area (Å²) in [6, 6.07) is 0. The summed E-state index contributed by atoms with van der Waals surface area (Å²) in [5, 5.41) is 0. The van der Waals surface area contributed by atoms with E-state index in [1.165, 1.54) is 186 Å². The highest BCUT2D eigenvalue weighted by molar-refractivity contribution is 5.71. The first-order valence-electron chi connectivity index (χ1n) is 30.8. The summed E-state index contributed by atoms with van der Waals surface area (Å²) in [7, 11) is 0. The largest absolute Gasteiger partial charge is 0.462 e. The molecule has 0 spiro atoms. The van der Waals surface area contributed by atoms with Gasteiger partial charge in [-0.2, -0.15) is 0 Å². The lowest BCUT2D eigenvalue weighted by molar-refractivity contribution is -0.167. The number of hydrogen-bond donors (Lipinski definition) is 0. The first-order valence-corrected chi connectivity index (χ1v) is 30.8. The highest BCUT2D eigenvalue weighted by Crippen LogP contribution is 2.17. The van der Waals surface area contributed by atoms with Crippen LogP contribution in [0.5, 0.6) is 0 Å². The van der Waals surface area contributed by atoms with Crippen LogP contribution in [0.25, 0.3) is 0 Å². The number of carbonyl (C=O) groups is 3. The first-order chi connectivity index (χ1) is 35.0. The van der Waals surface area contributed by atoms with E-state index in [4.69, 9.17) is 14.2 Å². The van der Waals surface area contributed by atoms with Crippen molar-refractivity contribution in [1.29, 1.82) is 0 Å². The summed E-state index contributed by atoms with van der Waals surface area (Å²) in [6.07, 6.45) is 75.7. The number of carbonyl (C=O) groups excluding carboxylic acids is 3.